The maximum atomic E-state index is 11.1. The molecule has 2 heteroatoms. The Kier molecular flexibility index (Phi) is 3.78. The highest BCUT2D eigenvalue weighted by Crippen LogP contribution is 2.44. The minimum atomic E-state index is 0.102. The number of hydrogen-bond donors (Lipinski definition) is 0. The SMILES string of the molecule is C[C@@H]1CC(C)(C)N(Cc2ccccc2)c2ccc(C=O)cc21. The van der Waals surface area contributed by atoms with Crippen molar-refractivity contribution in [1.82, 2.24) is 0 Å². The fraction of sp³-hybridized carbons (Fsp3) is 0.350. The quantitative estimate of drug-likeness (QED) is 0.758. The molecule has 0 fully saturated rings. The fourth-order valence-corrected chi connectivity index (χ4v) is 3.65. The third kappa shape index (κ3) is 2.66. The molecule has 0 spiro atoms. The zero-order chi connectivity index (χ0) is 15.7. The molecule has 22 heavy (non-hydrogen) atoms. The lowest BCUT2D eigenvalue weighted by Gasteiger charge is -2.47. The maximum Gasteiger partial charge on any atom is 0.150 e. The Bertz CT molecular complexity index is 675. The summed E-state index contributed by atoms with van der Waals surface area (Å²) in [7, 11) is 0. The number of anilines is 1. The molecule has 0 radical (unpaired) electrons. The van der Waals surface area contributed by atoms with Crippen LogP contribution in [0.4, 0.5) is 5.69 Å². The fourth-order valence-electron chi connectivity index (χ4n) is 3.65. The number of nitrogens with zero attached hydrogens (tertiary/aromatic N) is 1. The van der Waals surface area contributed by atoms with Crippen molar-refractivity contribution in [3.63, 3.8) is 0 Å². The normalized spacial score (nSPS) is 19.6. The van der Waals surface area contributed by atoms with Crippen LogP contribution in [0.25, 0.3) is 0 Å². The van der Waals surface area contributed by atoms with Crippen molar-refractivity contribution in [1.29, 1.82) is 0 Å². The van der Waals surface area contributed by atoms with E-state index >= 15 is 0 Å². The van der Waals surface area contributed by atoms with Gasteiger partial charge in [0, 0.05) is 23.3 Å². The Morgan fingerprint density at radius 2 is 1.91 bits per heavy atom. The zero-order valence-corrected chi connectivity index (χ0v) is 13.5. The Balaban J connectivity index is 2.04. The molecule has 1 aliphatic heterocycles. The van der Waals surface area contributed by atoms with Crippen LogP contribution in [0.5, 0.6) is 0 Å². The highest BCUT2D eigenvalue weighted by atomic mass is 16.1. The molecular formula is C20H23NO. The molecule has 0 saturated heterocycles. The van der Waals surface area contributed by atoms with Crippen LogP contribution >= 0.6 is 0 Å². The molecule has 1 aliphatic rings. The Morgan fingerprint density at radius 1 is 1.18 bits per heavy atom. The number of fused-ring (bicyclic) bond motifs is 1. The third-order valence-corrected chi connectivity index (χ3v) is 4.73. The second kappa shape index (κ2) is 5.60. The van der Waals surface area contributed by atoms with Gasteiger partial charge >= 0.3 is 0 Å². The summed E-state index contributed by atoms with van der Waals surface area (Å²) in [5.74, 6) is 0.469. The van der Waals surface area contributed by atoms with Crippen molar-refractivity contribution in [2.45, 2.75) is 45.2 Å². The van der Waals surface area contributed by atoms with Gasteiger partial charge in [-0.3, -0.25) is 4.79 Å². The van der Waals surface area contributed by atoms with Crippen LogP contribution in [-0.4, -0.2) is 11.8 Å². The number of carbonyl (C=O) groups excluding carboxylic acids is 1. The van der Waals surface area contributed by atoms with Crippen LogP contribution in [0.1, 0.15) is 54.6 Å². The van der Waals surface area contributed by atoms with Gasteiger partial charge in [-0.1, -0.05) is 37.3 Å². The van der Waals surface area contributed by atoms with Gasteiger partial charge in [-0.25, -0.2) is 0 Å². The van der Waals surface area contributed by atoms with Crippen molar-refractivity contribution in [3.05, 3.63) is 65.2 Å². The van der Waals surface area contributed by atoms with E-state index in [1.165, 1.54) is 16.8 Å². The van der Waals surface area contributed by atoms with Gasteiger partial charge in [0.1, 0.15) is 6.29 Å². The number of rotatable bonds is 3. The van der Waals surface area contributed by atoms with Gasteiger partial charge in [0.25, 0.3) is 0 Å². The van der Waals surface area contributed by atoms with E-state index in [1.807, 2.05) is 6.07 Å². The molecule has 2 aromatic carbocycles. The second-order valence-corrected chi connectivity index (χ2v) is 6.93. The summed E-state index contributed by atoms with van der Waals surface area (Å²) in [6, 6.07) is 16.7. The van der Waals surface area contributed by atoms with Crippen molar-refractivity contribution in [3.8, 4) is 0 Å². The Hall–Kier alpha value is -2.09. The van der Waals surface area contributed by atoms with Crippen LogP contribution in [0.2, 0.25) is 0 Å². The summed E-state index contributed by atoms with van der Waals surface area (Å²) < 4.78 is 0. The first kappa shape index (κ1) is 14.8. The lowest BCUT2D eigenvalue weighted by molar-refractivity contribution is 0.112. The van der Waals surface area contributed by atoms with E-state index in [0.717, 1.165) is 24.8 Å². The summed E-state index contributed by atoms with van der Waals surface area (Å²) >= 11 is 0. The number of aldehydes is 1. The molecule has 0 aliphatic carbocycles. The van der Waals surface area contributed by atoms with Crippen molar-refractivity contribution < 1.29 is 4.79 Å². The molecule has 0 saturated carbocycles. The van der Waals surface area contributed by atoms with Gasteiger partial charge in [-0.15, -0.1) is 0 Å². The van der Waals surface area contributed by atoms with E-state index in [1.54, 1.807) is 0 Å². The first-order valence-corrected chi connectivity index (χ1v) is 7.92. The van der Waals surface area contributed by atoms with E-state index in [-0.39, 0.29) is 5.54 Å². The van der Waals surface area contributed by atoms with Crippen LogP contribution in [-0.2, 0) is 6.54 Å². The molecule has 2 nitrogen and oxygen atoms in total. The zero-order valence-electron chi connectivity index (χ0n) is 13.5. The lowest BCUT2D eigenvalue weighted by Crippen LogP contribution is -2.47. The standard InChI is InChI=1S/C20H23NO/c1-15-12-20(2,3)21(13-16-7-5-4-6-8-16)19-10-9-17(14-22)11-18(15)19/h4-11,14-15H,12-13H2,1-3H3/t15-/m1/s1. The summed E-state index contributed by atoms with van der Waals surface area (Å²) in [4.78, 5) is 13.6. The monoisotopic (exact) mass is 293 g/mol. The van der Waals surface area contributed by atoms with Gasteiger partial charge in [0.15, 0.2) is 0 Å². The molecule has 1 heterocycles. The molecule has 3 rings (SSSR count). The minimum Gasteiger partial charge on any atom is -0.362 e. The van der Waals surface area contributed by atoms with Crippen LogP contribution in [0, 0.1) is 0 Å². The smallest absolute Gasteiger partial charge is 0.150 e. The van der Waals surface area contributed by atoms with E-state index in [2.05, 4.69) is 68.1 Å². The number of carbonyl (C=O) groups is 1. The summed E-state index contributed by atoms with van der Waals surface area (Å²) in [5, 5.41) is 0. The van der Waals surface area contributed by atoms with E-state index in [4.69, 9.17) is 0 Å². The first-order valence-electron chi connectivity index (χ1n) is 7.92. The highest BCUT2D eigenvalue weighted by molar-refractivity contribution is 5.77. The molecule has 1 atom stereocenters. The Labute approximate surface area is 132 Å². The topological polar surface area (TPSA) is 20.3 Å². The second-order valence-electron chi connectivity index (χ2n) is 6.93. The minimum absolute atomic E-state index is 0.102. The van der Waals surface area contributed by atoms with Crippen LogP contribution < -0.4 is 4.90 Å². The van der Waals surface area contributed by atoms with Gasteiger partial charge in [0.05, 0.1) is 0 Å². The summed E-state index contributed by atoms with van der Waals surface area (Å²) in [5.41, 5.74) is 4.74. The summed E-state index contributed by atoms with van der Waals surface area (Å²) in [6.45, 7) is 7.77. The number of hydrogen-bond acceptors (Lipinski definition) is 2. The molecule has 0 bridgehead atoms. The summed E-state index contributed by atoms with van der Waals surface area (Å²) in [6.07, 6.45) is 2.03. The molecule has 0 aromatic heterocycles. The third-order valence-electron chi connectivity index (χ3n) is 4.73. The molecule has 0 unspecified atom stereocenters. The molecule has 0 N–H and O–H groups in total. The van der Waals surface area contributed by atoms with Crippen LogP contribution in [0.3, 0.4) is 0 Å². The maximum absolute atomic E-state index is 11.1. The van der Waals surface area contributed by atoms with E-state index < -0.39 is 0 Å². The molecule has 114 valence electrons. The molecule has 0 amide bonds. The van der Waals surface area contributed by atoms with Gasteiger partial charge < -0.3 is 4.90 Å². The van der Waals surface area contributed by atoms with Crippen molar-refractivity contribution in [2.24, 2.45) is 0 Å². The predicted molar refractivity (Wildman–Crippen MR) is 91.6 cm³/mol. The lowest BCUT2D eigenvalue weighted by atomic mass is 9.79. The van der Waals surface area contributed by atoms with Gasteiger partial charge in [-0.2, -0.15) is 0 Å². The predicted octanol–water partition coefficient (Wildman–Crippen LogP) is 4.79. The first-order chi connectivity index (χ1) is 10.5. The van der Waals surface area contributed by atoms with Gasteiger partial charge in [0.2, 0.25) is 0 Å². The molecule has 2 aromatic rings. The molecular weight excluding hydrogens is 270 g/mol. The number of benzene rings is 2. The average molecular weight is 293 g/mol. The van der Waals surface area contributed by atoms with Crippen LogP contribution in [0.15, 0.2) is 48.5 Å². The van der Waals surface area contributed by atoms with Crippen molar-refractivity contribution >= 4 is 12.0 Å². The Morgan fingerprint density at radius 3 is 2.59 bits per heavy atom. The van der Waals surface area contributed by atoms with E-state index in [0.29, 0.717) is 5.92 Å². The average Bonchev–Trinajstić information content (AvgIpc) is 2.51. The highest BCUT2D eigenvalue weighted by Gasteiger charge is 2.36. The van der Waals surface area contributed by atoms with E-state index in [9.17, 15) is 4.79 Å². The van der Waals surface area contributed by atoms with Crippen molar-refractivity contribution in [2.75, 3.05) is 4.90 Å². The largest absolute Gasteiger partial charge is 0.362 e. The van der Waals surface area contributed by atoms with Gasteiger partial charge in [-0.05, 0) is 55.5 Å².